The Morgan fingerprint density at radius 3 is 2.75 bits per heavy atom. The van der Waals surface area contributed by atoms with Crippen LogP contribution >= 0.6 is 0 Å². The maximum atomic E-state index is 11.9. The summed E-state index contributed by atoms with van der Waals surface area (Å²) in [6, 6.07) is 2.22. The molecule has 0 aliphatic heterocycles. The molecule has 1 amide bonds. The smallest absolute Gasteiger partial charge is 0.252 e. The minimum absolute atomic E-state index is 0.292. The molecule has 6 heteroatoms. The number of pyridine rings is 1. The highest BCUT2D eigenvalue weighted by atomic mass is 16.3. The van der Waals surface area contributed by atoms with Gasteiger partial charge < -0.3 is 21.1 Å². The number of nitrogens with one attached hydrogen (secondary N) is 2. The van der Waals surface area contributed by atoms with Gasteiger partial charge >= 0.3 is 0 Å². The number of amides is 1. The molecule has 0 saturated heterocycles. The van der Waals surface area contributed by atoms with E-state index in [2.05, 4.69) is 15.3 Å². The summed E-state index contributed by atoms with van der Waals surface area (Å²) in [4.78, 5) is 19.3. The summed E-state index contributed by atoms with van der Waals surface area (Å²) >= 11 is 0. The third-order valence-corrected chi connectivity index (χ3v) is 6.40. The van der Waals surface area contributed by atoms with Crippen molar-refractivity contribution in [3.63, 3.8) is 0 Å². The minimum Gasteiger partial charge on any atom is -0.390 e. The Morgan fingerprint density at radius 1 is 1.33 bits per heavy atom. The average Bonchev–Trinajstić information content (AvgIpc) is 2.97. The fraction of sp³-hybridized carbons (Fsp3) is 0.556. The van der Waals surface area contributed by atoms with E-state index in [0.29, 0.717) is 29.4 Å². The van der Waals surface area contributed by atoms with Crippen LogP contribution in [-0.4, -0.2) is 32.6 Å². The average molecular weight is 326 g/mol. The molecule has 6 nitrogen and oxygen atoms in total. The highest BCUT2D eigenvalue weighted by Crippen LogP contribution is 2.56. The minimum atomic E-state index is -0.462. The Morgan fingerprint density at radius 2 is 2.08 bits per heavy atom. The molecular weight excluding hydrogens is 304 g/mol. The SMILES string of the molecule is NC(=O)c1cnc2[nH]ccc2c1NC1C2C[C@H]3C[C@@H]1C[C@](O)(C2)C3. The molecule has 2 unspecified atom stereocenters. The first kappa shape index (κ1) is 14.3. The van der Waals surface area contributed by atoms with Gasteiger partial charge in [-0.05, 0) is 55.9 Å². The van der Waals surface area contributed by atoms with E-state index in [4.69, 9.17) is 5.73 Å². The molecule has 4 bridgehead atoms. The Balaban J connectivity index is 1.54. The molecular formula is C18H22N4O2. The summed E-state index contributed by atoms with van der Waals surface area (Å²) in [5, 5.41) is 15.3. The molecule has 6 rings (SSSR count). The number of hydrogen-bond donors (Lipinski definition) is 4. The molecule has 2 aromatic heterocycles. The number of aromatic nitrogens is 2. The van der Waals surface area contributed by atoms with Crippen molar-refractivity contribution in [3.05, 3.63) is 24.0 Å². The molecule has 24 heavy (non-hydrogen) atoms. The first-order valence-electron chi connectivity index (χ1n) is 8.77. The number of H-pyrrole nitrogens is 1. The predicted octanol–water partition coefficient (Wildman–Crippen LogP) is 2.01. The van der Waals surface area contributed by atoms with Crippen molar-refractivity contribution >= 4 is 22.6 Å². The summed E-state index contributed by atoms with van der Waals surface area (Å²) in [6.07, 6.45) is 8.42. The van der Waals surface area contributed by atoms with E-state index >= 15 is 0 Å². The lowest BCUT2D eigenvalue weighted by Gasteiger charge is -2.58. The molecule has 2 aromatic rings. The zero-order valence-electron chi connectivity index (χ0n) is 13.5. The number of carbonyl (C=O) groups excluding carboxylic acids is 1. The lowest BCUT2D eigenvalue weighted by molar-refractivity contribution is -0.129. The van der Waals surface area contributed by atoms with E-state index in [1.807, 2.05) is 12.3 Å². The maximum absolute atomic E-state index is 11.9. The van der Waals surface area contributed by atoms with Crippen LogP contribution in [0.2, 0.25) is 0 Å². The number of fused-ring (bicyclic) bond motifs is 1. The molecule has 0 radical (unpaired) electrons. The normalized spacial score (nSPS) is 37.0. The van der Waals surface area contributed by atoms with Crippen molar-refractivity contribution in [3.8, 4) is 0 Å². The lowest BCUT2D eigenvalue weighted by Crippen LogP contribution is -2.59. The van der Waals surface area contributed by atoms with Crippen LogP contribution < -0.4 is 11.1 Å². The molecule has 2 heterocycles. The zero-order valence-corrected chi connectivity index (χ0v) is 13.5. The van der Waals surface area contributed by atoms with Gasteiger partial charge in [0.15, 0.2) is 0 Å². The van der Waals surface area contributed by atoms with Crippen LogP contribution in [-0.2, 0) is 0 Å². The van der Waals surface area contributed by atoms with Crippen molar-refractivity contribution in [2.45, 2.75) is 43.7 Å². The number of nitrogens with zero attached hydrogens (tertiary/aromatic N) is 1. The topological polar surface area (TPSA) is 104 Å². The highest BCUT2D eigenvalue weighted by molar-refractivity contribution is 6.06. The van der Waals surface area contributed by atoms with E-state index in [1.54, 1.807) is 6.20 Å². The van der Waals surface area contributed by atoms with Gasteiger partial charge in [0.1, 0.15) is 5.65 Å². The highest BCUT2D eigenvalue weighted by Gasteiger charge is 2.54. The van der Waals surface area contributed by atoms with Crippen LogP contribution in [0.5, 0.6) is 0 Å². The number of primary amides is 1. The second kappa shape index (κ2) is 4.72. The molecule has 0 aromatic carbocycles. The number of nitrogens with two attached hydrogens (primary N) is 1. The summed E-state index contributed by atoms with van der Waals surface area (Å²) in [5.74, 6) is 1.12. The molecule has 4 aliphatic carbocycles. The number of anilines is 1. The van der Waals surface area contributed by atoms with E-state index in [-0.39, 0.29) is 0 Å². The quantitative estimate of drug-likeness (QED) is 0.692. The molecule has 5 atom stereocenters. The molecule has 126 valence electrons. The van der Waals surface area contributed by atoms with E-state index in [9.17, 15) is 9.90 Å². The third kappa shape index (κ3) is 1.99. The van der Waals surface area contributed by atoms with Crippen molar-refractivity contribution in [2.75, 3.05) is 5.32 Å². The fourth-order valence-corrected chi connectivity index (χ4v) is 5.73. The Labute approximate surface area is 139 Å². The molecule has 4 aliphatic rings. The summed E-state index contributed by atoms with van der Waals surface area (Å²) in [6.45, 7) is 0. The van der Waals surface area contributed by atoms with Gasteiger partial charge in [-0.1, -0.05) is 0 Å². The number of carbonyl (C=O) groups is 1. The summed E-state index contributed by atoms with van der Waals surface area (Å²) in [7, 11) is 0. The third-order valence-electron chi connectivity index (χ3n) is 6.40. The van der Waals surface area contributed by atoms with Gasteiger partial charge in [-0.3, -0.25) is 4.79 Å². The number of aliphatic hydroxyl groups is 1. The predicted molar refractivity (Wildman–Crippen MR) is 90.5 cm³/mol. The van der Waals surface area contributed by atoms with Crippen LogP contribution in [0.3, 0.4) is 0 Å². The zero-order chi connectivity index (χ0) is 16.5. The van der Waals surface area contributed by atoms with Crippen LogP contribution in [0.25, 0.3) is 11.0 Å². The number of aromatic amines is 1. The van der Waals surface area contributed by atoms with Gasteiger partial charge in [-0.15, -0.1) is 0 Å². The van der Waals surface area contributed by atoms with Crippen LogP contribution in [0.15, 0.2) is 18.5 Å². The molecule has 0 spiro atoms. The van der Waals surface area contributed by atoms with Gasteiger partial charge in [-0.25, -0.2) is 4.98 Å². The van der Waals surface area contributed by atoms with Gasteiger partial charge in [0.25, 0.3) is 5.91 Å². The summed E-state index contributed by atoms with van der Waals surface area (Å²) in [5.41, 5.74) is 7.10. The van der Waals surface area contributed by atoms with Crippen LogP contribution in [0.1, 0.15) is 42.5 Å². The standard InChI is InChI=1S/C18H22N4O2/c19-16(23)13-8-21-17-12(1-2-20-17)15(13)22-14-10-3-9-4-11(14)7-18(24,5-9)6-10/h1-2,8-11,14,24H,3-7H2,(H2,19,23)(H2,20,21,22)/t9-,10-,11?,14?,18+/m1/s1. The second-order valence-corrected chi connectivity index (χ2v) is 8.02. The monoisotopic (exact) mass is 326 g/mol. The van der Waals surface area contributed by atoms with Crippen LogP contribution in [0, 0.1) is 17.8 Å². The van der Waals surface area contributed by atoms with Gasteiger partial charge in [-0.2, -0.15) is 0 Å². The van der Waals surface area contributed by atoms with Gasteiger partial charge in [0.05, 0.1) is 16.9 Å². The van der Waals surface area contributed by atoms with Crippen molar-refractivity contribution < 1.29 is 9.90 Å². The van der Waals surface area contributed by atoms with E-state index in [1.165, 1.54) is 12.8 Å². The van der Waals surface area contributed by atoms with Gasteiger partial charge in [0.2, 0.25) is 0 Å². The van der Waals surface area contributed by atoms with Crippen LogP contribution in [0.4, 0.5) is 5.69 Å². The number of rotatable bonds is 3. The van der Waals surface area contributed by atoms with Crippen molar-refractivity contribution in [1.29, 1.82) is 0 Å². The van der Waals surface area contributed by atoms with E-state index < -0.39 is 11.5 Å². The van der Waals surface area contributed by atoms with Crippen molar-refractivity contribution in [2.24, 2.45) is 23.5 Å². The Kier molecular flexibility index (Phi) is 2.81. The largest absolute Gasteiger partial charge is 0.390 e. The second-order valence-electron chi connectivity index (χ2n) is 8.02. The molecule has 4 fully saturated rings. The Hall–Kier alpha value is -2.08. The molecule has 5 N–H and O–H groups in total. The maximum Gasteiger partial charge on any atom is 0.252 e. The van der Waals surface area contributed by atoms with E-state index in [0.717, 1.165) is 36.0 Å². The summed E-state index contributed by atoms with van der Waals surface area (Å²) < 4.78 is 0. The molecule has 4 saturated carbocycles. The number of hydrogen-bond acceptors (Lipinski definition) is 4. The lowest BCUT2D eigenvalue weighted by atomic mass is 9.52. The Bertz CT molecular complexity index is 814. The first-order valence-corrected chi connectivity index (χ1v) is 8.77. The first-order chi connectivity index (χ1) is 11.5. The fourth-order valence-electron chi connectivity index (χ4n) is 5.73. The van der Waals surface area contributed by atoms with Crippen molar-refractivity contribution in [1.82, 2.24) is 9.97 Å². The van der Waals surface area contributed by atoms with Gasteiger partial charge in [0, 0.05) is 23.8 Å².